The molecule has 0 spiro atoms. The van der Waals surface area contributed by atoms with Crippen LogP contribution >= 0.6 is 11.6 Å². The second-order valence-corrected chi connectivity index (χ2v) is 4.29. The molecule has 0 radical (unpaired) electrons. The molecule has 1 N–H and O–H groups in total. The summed E-state index contributed by atoms with van der Waals surface area (Å²) in [5.74, 6) is -0.499. The second-order valence-electron chi connectivity index (χ2n) is 3.85. The van der Waals surface area contributed by atoms with Gasteiger partial charge in [0.15, 0.2) is 0 Å². The lowest BCUT2D eigenvalue weighted by Crippen LogP contribution is -2.34. The minimum absolute atomic E-state index is 0.126. The molecular weight excluding hydrogens is 268 g/mol. The van der Waals surface area contributed by atoms with Crippen molar-refractivity contribution in [3.63, 3.8) is 0 Å². The fourth-order valence-electron chi connectivity index (χ4n) is 1.55. The number of nitrogens with zero attached hydrogens (tertiary/aromatic N) is 2. The first-order chi connectivity index (χ1) is 9.10. The van der Waals surface area contributed by atoms with Gasteiger partial charge in [0, 0.05) is 25.2 Å². The topological polar surface area (TPSA) is 73.6 Å². The van der Waals surface area contributed by atoms with Gasteiger partial charge in [-0.1, -0.05) is 11.6 Å². The van der Waals surface area contributed by atoms with Gasteiger partial charge in [-0.05, 0) is 18.2 Å². The summed E-state index contributed by atoms with van der Waals surface area (Å²) in [5, 5.41) is 18.7. The first kappa shape index (κ1) is 15.3. The Hall–Kier alpha value is -1.77. The molecule has 0 aromatic heterocycles. The third-order valence-corrected chi connectivity index (χ3v) is 2.77. The maximum absolute atomic E-state index is 12.3. The first-order valence-corrected chi connectivity index (χ1v) is 6.11. The zero-order chi connectivity index (χ0) is 14.3. The Morgan fingerprint density at radius 1 is 1.53 bits per heavy atom. The number of halogens is 1. The van der Waals surface area contributed by atoms with Crippen LogP contribution in [-0.4, -0.2) is 42.7 Å². The van der Waals surface area contributed by atoms with Crippen LogP contribution in [0.4, 0.5) is 0 Å². The van der Waals surface area contributed by atoms with E-state index in [-0.39, 0.29) is 30.2 Å². The van der Waals surface area contributed by atoms with Crippen molar-refractivity contribution >= 4 is 17.5 Å². The minimum atomic E-state index is -0.368. The predicted octanol–water partition coefficient (Wildman–Crippen LogP) is 2.05. The number of carbonyl (C=O) groups is 1. The smallest absolute Gasteiger partial charge is 0.257 e. The number of aromatic hydroxyl groups is 1. The highest BCUT2D eigenvalue weighted by Crippen LogP contribution is 2.23. The van der Waals surface area contributed by atoms with Gasteiger partial charge in [-0.3, -0.25) is 4.79 Å². The Morgan fingerprint density at radius 2 is 2.26 bits per heavy atom. The minimum Gasteiger partial charge on any atom is -0.507 e. The number of hydrogen-bond donors (Lipinski definition) is 1. The van der Waals surface area contributed by atoms with Crippen molar-refractivity contribution in [2.75, 3.05) is 26.8 Å². The van der Waals surface area contributed by atoms with Crippen molar-refractivity contribution in [1.29, 1.82) is 5.26 Å². The maximum Gasteiger partial charge on any atom is 0.257 e. The number of methoxy groups -OCH3 is 1. The van der Waals surface area contributed by atoms with Gasteiger partial charge in [0.2, 0.25) is 0 Å². The van der Waals surface area contributed by atoms with Gasteiger partial charge in [0.25, 0.3) is 5.91 Å². The lowest BCUT2D eigenvalue weighted by Gasteiger charge is -2.21. The Labute approximate surface area is 117 Å². The molecule has 6 heteroatoms. The van der Waals surface area contributed by atoms with Gasteiger partial charge in [-0.25, -0.2) is 0 Å². The predicted molar refractivity (Wildman–Crippen MR) is 71.1 cm³/mol. The molecule has 1 aromatic rings. The Bertz CT molecular complexity index is 485. The number of hydrogen-bond acceptors (Lipinski definition) is 4. The van der Waals surface area contributed by atoms with E-state index in [9.17, 15) is 9.90 Å². The molecule has 5 nitrogen and oxygen atoms in total. The average molecular weight is 283 g/mol. The van der Waals surface area contributed by atoms with Crippen LogP contribution in [0.1, 0.15) is 16.8 Å². The molecule has 0 atom stereocenters. The molecule has 0 aliphatic carbocycles. The SMILES string of the molecule is COCCN(CCC#N)C(=O)c1cc(Cl)ccc1O. The van der Waals surface area contributed by atoms with E-state index in [1.54, 1.807) is 0 Å². The monoisotopic (exact) mass is 282 g/mol. The van der Waals surface area contributed by atoms with Crippen molar-refractivity contribution in [1.82, 2.24) is 4.90 Å². The molecule has 1 amide bonds. The van der Waals surface area contributed by atoms with E-state index >= 15 is 0 Å². The van der Waals surface area contributed by atoms with Gasteiger partial charge in [0.1, 0.15) is 5.75 Å². The summed E-state index contributed by atoms with van der Waals surface area (Å²) in [5.41, 5.74) is 0.126. The van der Waals surface area contributed by atoms with Crippen LogP contribution in [0.3, 0.4) is 0 Å². The van der Waals surface area contributed by atoms with Crippen molar-refractivity contribution in [2.45, 2.75) is 6.42 Å². The number of benzene rings is 1. The van der Waals surface area contributed by atoms with E-state index < -0.39 is 0 Å². The molecule has 0 fully saturated rings. The van der Waals surface area contributed by atoms with E-state index in [1.807, 2.05) is 6.07 Å². The number of ether oxygens (including phenoxy) is 1. The molecule has 0 saturated heterocycles. The van der Waals surface area contributed by atoms with Crippen molar-refractivity contribution in [3.05, 3.63) is 28.8 Å². The van der Waals surface area contributed by atoms with Gasteiger partial charge < -0.3 is 14.7 Å². The largest absolute Gasteiger partial charge is 0.507 e. The van der Waals surface area contributed by atoms with E-state index in [0.717, 1.165) is 0 Å². The third kappa shape index (κ3) is 4.43. The number of carbonyl (C=O) groups excluding carboxylic acids is 1. The standard InChI is InChI=1S/C13H15ClN2O3/c1-19-8-7-16(6-2-5-15)13(18)11-9-10(14)3-4-12(11)17/h3-4,9,17H,2,6-8H2,1H3. The average Bonchev–Trinajstić information content (AvgIpc) is 2.41. The van der Waals surface area contributed by atoms with Crippen LogP contribution in [0.2, 0.25) is 5.02 Å². The molecule has 0 heterocycles. The number of nitriles is 1. The van der Waals surface area contributed by atoms with Crippen LogP contribution < -0.4 is 0 Å². The molecule has 0 aliphatic rings. The van der Waals surface area contributed by atoms with Crippen LogP contribution in [0.5, 0.6) is 5.75 Å². The number of phenols is 1. The first-order valence-electron chi connectivity index (χ1n) is 5.73. The van der Waals surface area contributed by atoms with E-state index in [1.165, 1.54) is 30.2 Å². The van der Waals surface area contributed by atoms with Crippen LogP contribution in [-0.2, 0) is 4.74 Å². The fourth-order valence-corrected chi connectivity index (χ4v) is 1.72. The summed E-state index contributed by atoms with van der Waals surface area (Å²) >= 11 is 5.82. The maximum atomic E-state index is 12.3. The highest BCUT2D eigenvalue weighted by molar-refractivity contribution is 6.31. The molecular formula is C13H15ClN2O3. The summed E-state index contributed by atoms with van der Waals surface area (Å²) in [4.78, 5) is 13.7. The quantitative estimate of drug-likeness (QED) is 0.866. The molecule has 0 aliphatic heterocycles. The summed E-state index contributed by atoms with van der Waals surface area (Å²) in [7, 11) is 1.53. The van der Waals surface area contributed by atoms with Crippen molar-refractivity contribution in [3.8, 4) is 11.8 Å². The number of amides is 1. The molecule has 19 heavy (non-hydrogen) atoms. The van der Waals surface area contributed by atoms with Crippen LogP contribution in [0, 0.1) is 11.3 Å². The lowest BCUT2D eigenvalue weighted by atomic mass is 10.1. The summed E-state index contributed by atoms with van der Waals surface area (Å²) in [6.45, 7) is 0.992. The third-order valence-electron chi connectivity index (χ3n) is 2.54. The zero-order valence-corrected chi connectivity index (χ0v) is 11.4. The Morgan fingerprint density at radius 3 is 2.89 bits per heavy atom. The van der Waals surface area contributed by atoms with E-state index in [4.69, 9.17) is 21.6 Å². The summed E-state index contributed by atoms with van der Waals surface area (Å²) in [6, 6.07) is 6.26. The second kappa shape index (κ2) is 7.62. The van der Waals surface area contributed by atoms with Gasteiger partial charge in [0.05, 0.1) is 24.7 Å². The van der Waals surface area contributed by atoms with E-state index in [2.05, 4.69) is 0 Å². The van der Waals surface area contributed by atoms with Crippen molar-refractivity contribution in [2.24, 2.45) is 0 Å². The summed E-state index contributed by atoms with van der Waals surface area (Å²) < 4.78 is 4.93. The highest BCUT2D eigenvalue weighted by Gasteiger charge is 2.18. The van der Waals surface area contributed by atoms with Gasteiger partial charge in [-0.15, -0.1) is 0 Å². The zero-order valence-electron chi connectivity index (χ0n) is 10.6. The molecule has 0 unspecified atom stereocenters. The Kier molecular flexibility index (Phi) is 6.13. The Balaban J connectivity index is 2.91. The van der Waals surface area contributed by atoms with Crippen LogP contribution in [0.25, 0.3) is 0 Å². The fraction of sp³-hybridized carbons (Fsp3) is 0.385. The van der Waals surface area contributed by atoms with Gasteiger partial charge in [-0.2, -0.15) is 5.26 Å². The molecule has 0 bridgehead atoms. The molecule has 1 aromatic carbocycles. The highest BCUT2D eigenvalue weighted by atomic mass is 35.5. The summed E-state index contributed by atoms with van der Waals surface area (Å²) in [6.07, 6.45) is 0.219. The lowest BCUT2D eigenvalue weighted by molar-refractivity contribution is 0.0697. The normalized spacial score (nSPS) is 9.95. The van der Waals surface area contributed by atoms with E-state index in [0.29, 0.717) is 18.2 Å². The van der Waals surface area contributed by atoms with Crippen molar-refractivity contribution < 1.29 is 14.6 Å². The number of rotatable bonds is 6. The van der Waals surface area contributed by atoms with Gasteiger partial charge >= 0.3 is 0 Å². The molecule has 1 rings (SSSR count). The molecule has 0 saturated carbocycles. The van der Waals surface area contributed by atoms with Crippen LogP contribution in [0.15, 0.2) is 18.2 Å². The molecule has 102 valence electrons. The number of phenolic OH excluding ortho intramolecular Hbond substituents is 1.